The molecule has 150 valence electrons. The maximum absolute atomic E-state index is 13.1. The lowest BCUT2D eigenvalue weighted by molar-refractivity contribution is -0.137. The van der Waals surface area contributed by atoms with Gasteiger partial charge in [-0.05, 0) is 49.3 Å². The Morgan fingerprint density at radius 1 is 1.32 bits per heavy atom. The zero-order valence-electron chi connectivity index (χ0n) is 15.1. The first-order valence-electron chi connectivity index (χ1n) is 8.04. The zero-order chi connectivity index (χ0) is 21.2. The van der Waals surface area contributed by atoms with Gasteiger partial charge in [-0.3, -0.25) is 4.68 Å². The van der Waals surface area contributed by atoms with Gasteiger partial charge in [-0.25, -0.2) is 4.79 Å². The number of carbonyl (C=O) groups is 1. The number of aliphatic carboxylic acids is 1. The molecule has 28 heavy (non-hydrogen) atoms. The number of carboxylic acid groups (broad SMARTS) is 1. The van der Waals surface area contributed by atoms with Crippen molar-refractivity contribution in [3.63, 3.8) is 0 Å². The van der Waals surface area contributed by atoms with Crippen LogP contribution in [0.15, 0.2) is 47.0 Å². The third-order valence-electron chi connectivity index (χ3n) is 4.17. The first-order chi connectivity index (χ1) is 13.0. The van der Waals surface area contributed by atoms with Crippen molar-refractivity contribution in [1.29, 1.82) is 0 Å². The topological polar surface area (TPSA) is 55.1 Å². The van der Waals surface area contributed by atoms with Crippen molar-refractivity contribution < 1.29 is 23.1 Å². The Kier molecular flexibility index (Phi) is 6.62. The van der Waals surface area contributed by atoms with Crippen LogP contribution >= 0.6 is 23.2 Å². The number of hydrogen-bond acceptors (Lipinski definition) is 2. The highest BCUT2D eigenvalue weighted by Gasteiger charge is 2.31. The second-order valence-electron chi connectivity index (χ2n) is 6.18. The minimum Gasteiger partial charge on any atom is -0.478 e. The summed E-state index contributed by atoms with van der Waals surface area (Å²) in [6.07, 6.45) is -1.85. The molecule has 0 saturated carbocycles. The summed E-state index contributed by atoms with van der Waals surface area (Å²) >= 11 is 12.2. The lowest BCUT2D eigenvalue weighted by Gasteiger charge is -2.08. The van der Waals surface area contributed by atoms with Gasteiger partial charge in [-0.1, -0.05) is 18.2 Å². The second kappa shape index (κ2) is 8.41. The molecule has 4 nitrogen and oxygen atoms in total. The first kappa shape index (κ1) is 22.0. The average molecular weight is 433 g/mol. The number of alkyl halides is 4. The Morgan fingerprint density at radius 3 is 2.50 bits per heavy atom. The van der Waals surface area contributed by atoms with Gasteiger partial charge in [0.25, 0.3) is 0 Å². The molecular formula is C19H17Cl2F3N2O2. The van der Waals surface area contributed by atoms with Gasteiger partial charge >= 0.3 is 12.1 Å². The van der Waals surface area contributed by atoms with Crippen LogP contribution in [0.25, 0.3) is 10.9 Å². The molecule has 0 atom stereocenters. The van der Waals surface area contributed by atoms with E-state index >= 15 is 0 Å². The van der Waals surface area contributed by atoms with Crippen molar-refractivity contribution in [2.45, 2.75) is 26.6 Å². The molecule has 0 aliphatic heterocycles. The van der Waals surface area contributed by atoms with Crippen LogP contribution in [0, 0.1) is 13.8 Å². The molecule has 0 bridgehead atoms. The third-order valence-corrected chi connectivity index (χ3v) is 4.89. The molecule has 1 aromatic heterocycles. The van der Waals surface area contributed by atoms with Crippen LogP contribution in [0.5, 0.6) is 0 Å². The Balaban J connectivity index is 2.46. The van der Waals surface area contributed by atoms with Crippen molar-refractivity contribution in [2.24, 2.45) is 0 Å². The van der Waals surface area contributed by atoms with E-state index in [-0.39, 0.29) is 23.0 Å². The van der Waals surface area contributed by atoms with Gasteiger partial charge in [0.05, 0.1) is 23.2 Å². The average Bonchev–Trinajstić information content (AvgIpc) is 2.93. The summed E-state index contributed by atoms with van der Waals surface area (Å²) < 4.78 is 40.8. The zero-order valence-corrected chi connectivity index (χ0v) is 16.6. The molecule has 9 heteroatoms. The van der Waals surface area contributed by atoms with Gasteiger partial charge in [-0.2, -0.15) is 18.3 Å². The smallest absolute Gasteiger partial charge is 0.416 e. The van der Waals surface area contributed by atoms with E-state index in [4.69, 9.17) is 28.3 Å². The summed E-state index contributed by atoms with van der Waals surface area (Å²) in [5.41, 5.74) is 1.06. The van der Waals surface area contributed by atoms with E-state index in [1.54, 1.807) is 13.8 Å². The van der Waals surface area contributed by atoms with Gasteiger partial charge in [0, 0.05) is 22.0 Å². The normalized spacial score (nSPS) is 13.2. The number of nitrogens with zero attached hydrogens (tertiary/aromatic N) is 2. The molecular weight excluding hydrogens is 416 g/mol. The standard InChI is InChI=1S/C19H17Cl2F3N2O2/c1-10(18(27)28)4-5-16(21)13(8-20)9-26-12(3)15-7-14(19(22,23)24)6-11(2)17(15)25-26/h4-7H,1,8-9H2,2-3H3,(H,27,28)/b5-4-,16-13-. The fraction of sp³-hybridized carbons (Fsp3) is 0.263. The Bertz CT molecular complexity index is 1000. The maximum atomic E-state index is 13.1. The van der Waals surface area contributed by atoms with E-state index in [0.29, 0.717) is 27.7 Å². The predicted molar refractivity (Wildman–Crippen MR) is 104 cm³/mol. The third kappa shape index (κ3) is 4.77. The number of allylic oxidation sites excluding steroid dienone is 3. The molecule has 0 amide bonds. The number of rotatable bonds is 6. The number of aryl methyl sites for hydroxylation is 2. The lowest BCUT2D eigenvalue weighted by atomic mass is 10.1. The van der Waals surface area contributed by atoms with Crippen LogP contribution in [0.1, 0.15) is 16.8 Å². The summed E-state index contributed by atoms with van der Waals surface area (Å²) in [5, 5.41) is 13.8. The van der Waals surface area contributed by atoms with Crippen LogP contribution in [-0.4, -0.2) is 26.7 Å². The monoisotopic (exact) mass is 432 g/mol. The summed E-state index contributed by atoms with van der Waals surface area (Å²) in [5.74, 6) is -1.15. The molecule has 0 aliphatic rings. The number of aromatic nitrogens is 2. The van der Waals surface area contributed by atoms with Gasteiger partial charge in [0.1, 0.15) is 0 Å². The lowest BCUT2D eigenvalue weighted by Crippen LogP contribution is -2.07. The molecule has 0 fully saturated rings. The number of halogens is 5. The number of fused-ring (bicyclic) bond motifs is 1. The molecule has 2 aromatic rings. The molecule has 1 aromatic carbocycles. The summed E-state index contributed by atoms with van der Waals surface area (Å²) in [6.45, 7) is 6.75. The van der Waals surface area contributed by atoms with Crippen molar-refractivity contribution in [3.8, 4) is 0 Å². The molecule has 0 aliphatic carbocycles. The molecule has 0 spiro atoms. The van der Waals surface area contributed by atoms with E-state index in [1.807, 2.05) is 0 Å². The SMILES string of the molecule is C=C(/C=C\C(Cl)=C(/CCl)Cn1nc2c(C)cc(C(F)(F)F)cc2c1C)C(=O)O. The van der Waals surface area contributed by atoms with Crippen LogP contribution in [0.3, 0.4) is 0 Å². The van der Waals surface area contributed by atoms with E-state index in [2.05, 4.69) is 11.7 Å². The molecule has 1 N–H and O–H groups in total. The summed E-state index contributed by atoms with van der Waals surface area (Å²) in [4.78, 5) is 10.8. The maximum Gasteiger partial charge on any atom is 0.416 e. The molecule has 0 saturated heterocycles. The van der Waals surface area contributed by atoms with E-state index in [1.165, 1.54) is 16.8 Å². The fourth-order valence-electron chi connectivity index (χ4n) is 2.57. The highest BCUT2D eigenvalue weighted by molar-refractivity contribution is 6.32. The minimum absolute atomic E-state index is 0.0329. The summed E-state index contributed by atoms with van der Waals surface area (Å²) in [7, 11) is 0. The van der Waals surface area contributed by atoms with Crippen molar-refractivity contribution in [2.75, 3.05) is 5.88 Å². The number of carboxylic acids is 1. The van der Waals surface area contributed by atoms with Gasteiger partial charge in [-0.15, -0.1) is 11.6 Å². The first-order valence-corrected chi connectivity index (χ1v) is 8.95. The molecule has 1 heterocycles. The number of benzene rings is 1. The highest BCUT2D eigenvalue weighted by atomic mass is 35.5. The van der Waals surface area contributed by atoms with E-state index in [9.17, 15) is 18.0 Å². The predicted octanol–water partition coefficient (Wildman–Crippen LogP) is 5.60. The minimum atomic E-state index is -4.45. The van der Waals surface area contributed by atoms with Crippen molar-refractivity contribution in [3.05, 3.63) is 63.9 Å². The number of hydrogen-bond donors (Lipinski definition) is 1. The van der Waals surface area contributed by atoms with E-state index in [0.717, 1.165) is 12.1 Å². The Hall–Kier alpha value is -2.25. The largest absolute Gasteiger partial charge is 0.478 e. The fourth-order valence-corrected chi connectivity index (χ4v) is 3.05. The molecule has 0 radical (unpaired) electrons. The van der Waals surface area contributed by atoms with E-state index < -0.39 is 17.7 Å². The quantitative estimate of drug-likeness (QED) is 0.367. The van der Waals surface area contributed by atoms with Crippen LogP contribution in [0.2, 0.25) is 0 Å². The van der Waals surface area contributed by atoms with Gasteiger partial charge in [0.2, 0.25) is 0 Å². The molecule has 2 rings (SSSR count). The summed E-state index contributed by atoms with van der Waals surface area (Å²) in [6, 6.07) is 2.13. The van der Waals surface area contributed by atoms with Crippen LogP contribution in [0.4, 0.5) is 13.2 Å². The molecule has 0 unspecified atom stereocenters. The van der Waals surface area contributed by atoms with Crippen molar-refractivity contribution in [1.82, 2.24) is 9.78 Å². The van der Waals surface area contributed by atoms with Gasteiger partial charge in [0.15, 0.2) is 0 Å². The van der Waals surface area contributed by atoms with Crippen LogP contribution < -0.4 is 0 Å². The second-order valence-corrected chi connectivity index (χ2v) is 6.85. The Labute approximate surface area is 169 Å². The highest BCUT2D eigenvalue weighted by Crippen LogP contribution is 2.34. The van der Waals surface area contributed by atoms with Crippen LogP contribution in [-0.2, 0) is 17.5 Å². The van der Waals surface area contributed by atoms with Crippen molar-refractivity contribution >= 4 is 40.1 Å². The Morgan fingerprint density at radius 2 is 1.96 bits per heavy atom. The van der Waals surface area contributed by atoms with Gasteiger partial charge < -0.3 is 5.11 Å².